The molecule has 2 heterocycles. The molecule has 0 aliphatic rings. The molecule has 0 saturated heterocycles. The first-order valence-corrected chi connectivity index (χ1v) is 7.04. The molecule has 6 heteroatoms. The van der Waals surface area contributed by atoms with Gasteiger partial charge in [-0.15, -0.1) is 5.10 Å². The molecule has 20 heavy (non-hydrogen) atoms. The summed E-state index contributed by atoms with van der Waals surface area (Å²) in [4.78, 5) is 6.67. The van der Waals surface area contributed by atoms with Gasteiger partial charge in [-0.05, 0) is 25.0 Å². The molecule has 2 aromatic rings. The van der Waals surface area contributed by atoms with Crippen molar-refractivity contribution in [1.82, 2.24) is 15.2 Å². The number of hydrogen-bond donors (Lipinski definition) is 1. The molecule has 2 rings (SSSR count). The fourth-order valence-electron chi connectivity index (χ4n) is 1.96. The van der Waals surface area contributed by atoms with Crippen molar-refractivity contribution in [2.75, 3.05) is 23.3 Å². The van der Waals surface area contributed by atoms with Crippen molar-refractivity contribution in [1.29, 1.82) is 0 Å². The van der Waals surface area contributed by atoms with Gasteiger partial charge in [0.05, 0.1) is 19.0 Å². The van der Waals surface area contributed by atoms with E-state index in [9.17, 15) is 0 Å². The highest BCUT2D eigenvalue weighted by Crippen LogP contribution is 2.11. The fraction of sp³-hybridized carbons (Fsp3) is 0.500. The Morgan fingerprint density at radius 2 is 2.05 bits per heavy atom. The summed E-state index contributed by atoms with van der Waals surface area (Å²) in [6, 6.07) is 3.79. The quantitative estimate of drug-likeness (QED) is 0.799. The van der Waals surface area contributed by atoms with Gasteiger partial charge in [0, 0.05) is 13.1 Å². The highest BCUT2D eigenvalue weighted by molar-refractivity contribution is 5.39. The van der Waals surface area contributed by atoms with Gasteiger partial charge in [-0.3, -0.25) is 0 Å². The second-order valence-corrected chi connectivity index (χ2v) is 4.56. The molecule has 2 aromatic heterocycles. The third-order valence-electron chi connectivity index (χ3n) is 2.84. The van der Waals surface area contributed by atoms with Crippen LogP contribution in [0.2, 0.25) is 0 Å². The van der Waals surface area contributed by atoms with Crippen LogP contribution in [0, 0.1) is 0 Å². The van der Waals surface area contributed by atoms with E-state index >= 15 is 0 Å². The third kappa shape index (κ3) is 3.94. The van der Waals surface area contributed by atoms with Crippen LogP contribution in [0.15, 0.2) is 29.0 Å². The van der Waals surface area contributed by atoms with Crippen molar-refractivity contribution < 1.29 is 4.42 Å². The van der Waals surface area contributed by atoms with Crippen molar-refractivity contribution in [3.63, 3.8) is 0 Å². The second-order valence-electron chi connectivity index (χ2n) is 4.56. The molecule has 1 N–H and O–H groups in total. The molecular formula is C14H21N5O. The first kappa shape index (κ1) is 14.3. The second kappa shape index (κ2) is 7.47. The Hall–Kier alpha value is -2.11. The number of nitrogens with one attached hydrogen (secondary N) is 1. The van der Waals surface area contributed by atoms with E-state index in [4.69, 9.17) is 4.42 Å². The molecule has 0 unspecified atom stereocenters. The van der Waals surface area contributed by atoms with E-state index in [1.54, 1.807) is 12.5 Å². The average molecular weight is 275 g/mol. The molecule has 0 radical (unpaired) electrons. The van der Waals surface area contributed by atoms with Crippen molar-refractivity contribution in [3.8, 4) is 0 Å². The van der Waals surface area contributed by atoms with E-state index in [1.165, 1.54) is 0 Å². The van der Waals surface area contributed by atoms with Crippen LogP contribution in [0.1, 0.15) is 32.4 Å². The van der Waals surface area contributed by atoms with Gasteiger partial charge in [-0.25, -0.2) is 0 Å². The van der Waals surface area contributed by atoms with Crippen molar-refractivity contribution in [2.24, 2.45) is 0 Å². The molecule has 0 bridgehead atoms. The lowest BCUT2D eigenvalue weighted by atomic mass is 10.4. The Balaban J connectivity index is 2.02. The van der Waals surface area contributed by atoms with Gasteiger partial charge in [-0.2, -0.15) is 10.1 Å². The molecule has 0 aliphatic carbocycles. The monoisotopic (exact) mass is 275 g/mol. The molecule has 108 valence electrons. The van der Waals surface area contributed by atoms with Crippen LogP contribution in [0.25, 0.3) is 0 Å². The fourth-order valence-corrected chi connectivity index (χ4v) is 1.96. The topological polar surface area (TPSA) is 67.1 Å². The predicted molar refractivity (Wildman–Crippen MR) is 78.7 cm³/mol. The predicted octanol–water partition coefficient (Wildman–Crippen LogP) is 2.70. The maximum atomic E-state index is 5.27. The van der Waals surface area contributed by atoms with Gasteiger partial charge in [0.25, 0.3) is 0 Å². The van der Waals surface area contributed by atoms with E-state index in [1.807, 2.05) is 12.1 Å². The summed E-state index contributed by atoms with van der Waals surface area (Å²) in [5, 5.41) is 11.3. The number of anilines is 2. The van der Waals surface area contributed by atoms with E-state index in [0.29, 0.717) is 18.3 Å². The molecule has 0 amide bonds. The molecule has 0 aliphatic heterocycles. The van der Waals surface area contributed by atoms with Crippen LogP contribution in [0.3, 0.4) is 0 Å². The van der Waals surface area contributed by atoms with Crippen LogP contribution in [-0.4, -0.2) is 28.3 Å². The number of aromatic nitrogens is 3. The SMILES string of the molecule is CCCN(CCC)c1nncc(NCc2ccco2)n1. The Bertz CT molecular complexity index is 494. The van der Waals surface area contributed by atoms with Crippen LogP contribution in [-0.2, 0) is 6.54 Å². The summed E-state index contributed by atoms with van der Waals surface area (Å²) < 4.78 is 5.27. The third-order valence-corrected chi connectivity index (χ3v) is 2.84. The summed E-state index contributed by atoms with van der Waals surface area (Å²) in [5.74, 6) is 2.26. The Morgan fingerprint density at radius 1 is 1.25 bits per heavy atom. The molecule has 0 spiro atoms. The zero-order chi connectivity index (χ0) is 14.2. The number of furan rings is 1. The normalized spacial score (nSPS) is 10.5. The molecular weight excluding hydrogens is 254 g/mol. The van der Waals surface area contributed by atoms with Crippen molar-refractivity contribution >= 4 is 11.8 Å². The van der Waals surface area contributed by atoms with E-state index < -0.39 is 0 Å². The van der Waals surface area contributed by atoms with Crippen molar-refractivity contribution in [3.05, 3.63) is 30.4 Å². The lowest BCUT2D eigenvalue weighted by Gasteiger charge is -2.20. The number of rotatable bonds is 8. The minimum absolute atomic E-state index is 0.590. The average Bonchev–Trinajstić information content (AvgIpc) is 2.98. The maximum Gasteiger partial charge on any atom is 0.247 e. The van der Waals surface area contributed by atoms with Crippen LogP contribution >= 0.6 is 0 Å². The van der Waals surface area contributed by atoms with E-state index in [-0.39, 0.29) is 0 Å². The molecule has 0 saturated carbocycles. The highest BCUT2D eigenvalue weighted by Gasteiger charge is 2.09. The van der Waals surface area contributed by atoms with Gasteiger partial charge in [-0.1, -0.05) is 13.8 Å². The van der Waals surface area contributed by atoms with Crippen LogP contribution in [0.5, 0.6) is 0 Å². The Morgan fingerprint density at radius 3 is 2.70 bits per heavy atom. The van der Waals surface area contributed by atoms with Gasteiger partial charge in [0.2, 0.25) is 5.95 Å². The molecule has 6 nitrogen and oxygen atoms in total. The summed E-state index contributed by atoms with van der Waals surface area (Å²) >= 11 is 0. The lowest BCUT2D eigenvalue weighted by molar-refractivity contribution is 0.517. The minimum atomic E-state index is 0.590. The first-order chi connectivity index (χ1) is 9.83. The highest BCUT2D eigenvalue weighted by atomic mass is 16.3. The van der Waals surface area contributed by atoms with E-state index in [0.717, 1.165) is 31.7 Å². The van der Waals surface area contributed by atoms with Gasteiger partial charge < -0.3 is 14.6 Å². The van der Waals surface area contributed by atoms with E-state index in [2.05, 4.69) is 39.2 Å². The zero-order valence-electron chi connectivity index (χ0n) is 12.0. The van der Waals surface area contributed by atoms with Crippen LogP contribution < -0.4 is 10.2 Å². The summed E-state index contributed by atoms with van der Waals surface area (Å²) in [7, 11) is 0. The summed E-state index contributed by atoms with van der Waals surface area (Å²) in [6.07, 6.45) is 5.41. The first-order valence-electron chi connectivity index (χ1n) is 7.04. The standard InChI is InChI=1S/C14H21N5O/c1-3-7-19(8-4-2)14-17-13(11-16-18-14)15-10-12-6-5-9-20-12/h5-6,9,11H,3-4,7-8,10H2,1-2H3,(H,15,17,18). The van der Waals surface area contributed by atoms with Crippen molar-refractivity contribution in [2.45, 2.75) is 33.2 Å². The Labute approximate surface area is 119 Å². The lowest BCUT2D eigenvalue weighted by Crippen LogP contribution is -2.27. The Kier molecular flexibility index (Phi) is 5.34. The summed E-state index contributed by atoms with van der Waals surface area (Å²) in [5.41, 5.74) is 0. The molecule has 0 atom stereocenters. The largest absolute Gasteiger partial charge is 0.467 e. The summed E-state index contributed by atoms with van der Waals surface area (Å²) in [6.45, 7) is 6.77. The van der Waals surface area contributed by atoms with Gasteiger partial charge in [0.1, 0.15) is 5.76 Å². The van der Waals surface area contributed by atoms with Crippen LogP contribution in [0.4, 0.5) is 11.8 Å². The molecule has 0 aromatic carbocycles. The number of hydrogen-bond acceptors (Lipinski definition) is 6. The van der Waals surface area contributed by atoms with Gasteiger partial charge in [0.15, 0.2) is 5.82 Å². The van der Waals surface area contributed by atoms with Gasteiger partial charge >= 0.3 is 0 Å². The molecule has 0 fully saturated rings. The number of nitrogens with zero attached hydrogens (tertiary/aromatic N) is 4. The maximum absolute atomic E-state index is 5.27. The zero-order valence-corrected chi connectivity index (χ0v) is 12.0. The minimum Gasteiger partial charge on any atom is -0.467 e. The smallest absolute Gasteiger partial charge is 0.247 e.